The molecule has 0 amide bonds. The second kappa shape index (κ2) is 6.00. The number of benzene rings is 2. The van der Waals surface area contributed by atoms with Crippen molar-refractivity contribution in [3.8, 4) is 17.2 Å². The summed E-state index contributed by atoms with van der Waals surface area (Å²) in [6.45, 7) is 0. The van der Waals surface area contributed by atoms with Crippen LogP contribution in [0.1, 0.15) is 0 Å². The highest BCUT2D eigenvalue weighted by Gasteiger charge is 2.04. The predicted molar refractivity (Wildman–Crippen MR) is 75.8 cm³/mol. The topological polar surface area (TPSA) is 39.7 Å². The van der Waals surface area contributed by atoms with E-state index in [4.69, 9.17) is 14.2 Å². The summed E-state index contributed by atoms with van der Waals surface area (Å²) in [5, 5.41) is 3.29. The predicted octanol–water partition coefficient (Wildman–Crippen LogP) is 3.46. The normalized spacial score (nSPS) is 9.84. The van der Waals surface area contributed by atoms with Gasteiger partial charge in [0, 0.05) is 17.4 Å². The summed E-state index contributed by atoms with van der Waals surface area (Å²) in [5.74, 6) is 2.24. The minimum atomic E-state index is 0.695. The molecule has 0 aliphatic rings. The number of hydrogen-bond acceptors (Lipinski definition) is 4. The summed E-state index contributed by atoms with van der Waals surface area (Å²) in [4.78, 5) is 0. The summed E-state index contributed by atoms with van der Waals surface area (Å²) in [6, 6.07) is 13.4. The molecule has 0 unspecified atom stereocenters. The van der Waals surface area contributed by atoms with E-state index in [1.165, 1.54) is 0 Å². The number of nitrogens with one attached hydrogen (secondary N) is 1. The molecule has 0 aliphatic carbocycles. The van der Waals surface area contributed by atoms with Crippen LogP contribution < -0.4 is 19.5 Å². The zero-order chi connectivity index (χ0) is 13.7. The molecule has 0 radical (unpaired) electrons. The SMILES string of the molecule is COc1ccc(Nc2ccc(OC)c(OC)c2)cc1. The molecule has 0 atom stereocenters. The van der Waals surface area contributed by atoms with E-state index in [0.717, 1.165) is 17.1 Å². The summed E-state index contributed by atoms with van der Waals surface area (Å²) >= 11 is 0. The summed E-state index contributed by atoms with van der Waals surface area (Å²) in [6.07, 6.45) is 0. The molecule has 2 aromatic carbocycles. The first-order chi connectivity index (χ1) is 9.26. The number of ether oxygens (including phenoxy) is 3. The second-order valence-corrected chi connectivity index (χ2v) is 3.92. The van der Waals surface area contributed by atoms with Crippen LogP contribution in [0.4, 0.5) is 11.4 Å². The van der Waals surface area contributed by atoms with E-state index in [9.17, 15) is 0 Å². The Labute approximate surface area is 112 Å². The Bertz CT molecular complexity index is 538. The highest BCUT2D eigenvalue weighted by Crippen LogP contribution is 2.31. The van der Waals surface area contributed by atoms with Crippen LogP contribution in [0.3, 0.4) is 0 Å². The Morgan fingerprint density at radius 2 is 1.32 bits per heavy atom. The van der Waals surface area contributed by atoms with E-state index in [-0.39, 0.29) is 0 Å². The van der Waals surface area contributed by atoms with E-state index < -0.39 is 0 Å². The standard InChI is InChI=1S/C15H17NO3/c1-17-13-7-4-11(5-8-13)16-12-6-9-14(18-2)15(10-12)19-3/h4-10,16H,1-3H3. The lowest BCUT2D eigenvalue weighted by molar-refractivity contribution is 0.355. The lowest BCUT2D eigenvalue weighted by atomic mass is 10.2. The maximum Gasteiger partial charge on any atom is 0.162 e. The van der Waals surface area contributed by atoms with Crippen LogP contribution in [0, 0.1) is 0 Å². The van der Waals surface area contributed by atoms with Crippen molar-refractivity contribution in [2.75, 3.05) is 26.6 Å². The maximum atomic E-state index is 5.27. The Morgan fingerprint density at radius 3 is 1.89 bits per heavy atom. The summed E-state index contributed by atoms with van der Waals surface area (Å²) < 4.78 is 15.6. The number of methoxy groups -OCH3 is 3. The molecule has 0 aromatic heterocycles. The molecule has 4 nitrogen and oxygen atoms in total. The Morgan fingerprint density at radius 1 is 0.684 bits per heavy atom. The first-order valence-corrected chi connectivity index (χ1v) is 5.90. The van der Waals surface area contributed by atoms with Gasteiger partial charge >= 0.3 is 0 Å². The largest absolute Gasteiger partial charge is 0.497 e. The van der Waals surface area contributed by atoms with Gasteiger partial charge in [0.25, 0.3) is 0 Å². The van der Waals surface area contributed by atoms with Gasteiger partial charge in [-0.15, -0.1) is 0 Å². The molecule has 2 aromatic rings. The third-order valence-corrected chi connectivity index (χ3v) is 2.76. The molecule has 0 aliphatic heterocycles. The summed E-state index contributed by atoms with van der Waals surface area (Å²) in [7, 11) is 4.89. The van der Waals surface area contributed by atoms with Crippen LogP contribution in [-0.4, -0.2) is 21.3 Å². The molecule has 0 heterocycles. The van der Waals surface area contributed by atoms with Crippen molar-refractivity contribution in [2.45, 2.75) is 0 Å². The van der Waals surface area contributed by atoms with Gasteiger partial charge in [-0.1, -0.05) is 0 Å². The van der Waals surface area contributed by atoms with Crippen LogP contribution in [0.5, 0.6) is 17.2 Å². The molecule has 19 heavy (non-hydrogen) atoms. The van der Waals surface area contributed by atoms with Crippen molar-refractivity contribution in [3.63, 3.8) is 0 Å². The van der Waals surface area contributed by atoms with Gasteiger partial charge in [-0.25, -0.2) is 0 Å². The average Bonchev–Trinajstić information content (AvgIpc) is 2.48. The maximum absolute atomic E-state index is 5.27. The van der Waals surface area contributed by atoms with Crippen molar-refractivity contribution in [2.24, 2.45) is 0 Å². The first-order valence-electron chi connectivity index (χ1n) is 5.90. The van der Waals surface area contributed by atoms with E-state index >= 15 is 0 Å². The lowest BCUT2D eigenvalue weighted by Gasteiger charge is -2.11. The Balaban J connectivity index is 2.18. The first kappa shape index (κ1) is 13.1. The van der Waals surface area contributed by atoms with Gasteiger partial charge in [0.15, 0.2) is 11.5 Å². The van der Waals surface area contributed by atoms with Gasteiger partial charge in [-0.2, -0.15) is 0 Å². The lowest BCUT2D eigenvalue weighted by Crippen LogP contribution is -1.94. The van der Waals surface area contributed by atoms with Crippen molar-refractivity contribution < 1.29 is 14.2 Å². The molecule has 1 N–H and O–H groups in total. The van der Waals surface area contributed by atoms with Gasteiger partial charge in [0.2, 0.25) is 0 Å². The van der Waals surface area contributed by atoms with E-state index in [0.29, 0.717) is 11.5 Å². The molecule has 100 valence electrons. The summed E-state index contributed by atoms with van der Waals surface area (Å²) in [5.41, 5.74) is 1.91. The fraction of sp³-hybridized carbons (Fsp3) is 0.200. The van der Waals surface area contributed by atoms with Crippen LogP contribution in [-0.2, 0) is 0 Å². The van der Waals surface area contributed by atoms with Gasteiger partial charge in [0.05, 0.1) is 21.3 Å². The smallest absolute Gasteiger partial charge is 0.162 e. The monoisotopic (exact) mass is 259 g/mol. The van der Waals surface area contributed by atoms with E-state index in [1.54, 1.807) is 21.3 Å². The van der Waals surface area contributed by atoms with Gasteiger partial charge in [-0.3, -0.25) is 0 Å². The van der Waals surface area contributed by atoms with Crippen molar-refractivity contribution in [3.05, 3.63) is 42.5 Å². The minimum absolute atomic E-state index is 0.695. The van der Waals surface area contributed by atoms with Crippen LogP contribution in [0.2, 0.25) is 0 Å². The fourth-order valence-corrected chi connectivity index (χ4v) is 1.75. The number of rotatable bonds is 5. The van der Waals surface area contributed by atoms with Gasteiger partial charge in [0.1, 0.15) is 5.75 Å². The zero-order valence-corrected chi connectivity index (χ0v) is 11.3. The number of anilines is 2. The molecule has 2 rings (SSSR count). The van der Waals surface area contributed by atoms with Gasteiger partial charge < -0.3 is 19.5 Å². The quantitative estimate of drug-likeness (QED) is 0.892. The number of hydrogen-bond donors (Lipinski definition) is 1. The fourth-order valence-electron chi connectivity index (χ4n) is 1.75. The van der Waals surface area contributed by atoms with Crippen LogP contribution in [0.25, 0.3) is 0 Å². The molecule has 0 spiro atoms. The Kier molecular flexibility index (Phi) is 4.13. The highest BCUT2D eigenvalue weighted by atomic mass is 16.5. The Hall–Kier alpha value is -2.36. The molecule has 0 bridgehead atoms. The molecular formula is C15H17NO3. The molecule has 4 heteroatoms. The third-order valence-electron chi connectivity index (χ3n) is 2.76. The highest BCUT2D eigenvalue weighted by molar-refractivity contribution is 5.64. The molecule has 0 saturated carbocycles. The van der Waals surface area contributed by atoms with Crippen LogP contribution in [0.15, 0.2) is 42.5 Å². The van der Waals surface area contributed by atoms with Gasteiger partial charge in [-0.05, 0) is 36.4 Å². The van der Waals surface area contributed by atoms with Crippen molar-refractivity contribution in [1.29, 1.82) is 0 Å². The van der Waals surface area contributed by atoms with E-state index in [1.807, 2.05) is 42.5 Å². The molecule has 0 fully saturated rings. The second-order valence-electron chi connectivity index (χ2n) is 3.92. The van der Waals surface area contributed by atoms with Crippen molar-refractivity contribution >= 4 is 11.4 Å². The molecular weight excluding hydrogens is 242 g/mol. The van der Waals surface area contributed by atoms with Crippen LogP contribution >= 0.6 is 0 Å². The average molecular weight is 259 g/mol. The van der Waals surface area contributed by atoms with Crippen molar-refractivity contribution in [1.82, 2.24) is 0 Å². The van der Waals surface area contributed by atoms with E-state index in [2.05, 4.69) is 5.32 Å². The molecule has 0 saturated heterocycles. The third kappa shape index (κ3) is 3.10. The minimum Gasteiger partial charge on any atom is -0.497 e. The zero-order valence-electron chi connectivity index (χ0n) is 11.3.